The Morgan fingerprint density at radius 2 is 1.57 bits per heavy atom. The second-order valence-electron chi connectivity index (χ2n) is 7.64. The molecule has 0 bridgehead atoms. The van der Waals surface area contributed by atoms with E-state index in [1.165, 1.54) is 12.8 Å². The van der Waals surface area contributed by atoms with Crippen molar-refractivity contribution < 1.29 is 9.53 Å². The third-order valence-electron chi connectivity index (χ3n) is 5.60. The molecular formula is C26H26BrNO2. The van der Waals surface area contributed by atoms with Crippen molar-refractivity contribution in [3.8, 4) is 5.75 Å². The number of ether oxygens (including phenoxy) is 1. The zero-order chi connectivity index (χ0) is 20.9. The van der Waals surface area contributed by atoms with Crippen molar-refractivity contribution in [2.45, 2.75) is 38.1 Å². The first-order valence-electron chi connectivity index (χ1n) is 10.6. The quantitative estimate of drug-likeness (QED) is 0.268. The van der Waals surface area contributed by atoms with Crippen LogP contribution in [0.15, 0.2) is 83.3 Å². The lowest BCUT2D eigenvalue weighted by Crippen LogP contribution is -2.53. The van der Waals surface area contributed by atoms with Crippen LogP contribution in [0.25, 0.3) is 0 Å². The molecule has 2 atom stereocenters. The highest BCUT2D eigenvalue weighted by atomic mass is 79.9. The molecule has 0 N–H and O–H groups in total. The minimum Gasteiger partial charge on any atom is -0.494 e. The van der Waals surface area contributed by atoms with Crippen molar-refractivity contribution >= 4 is 27.5 Å². The van der Waals surface area contributed by atoms with Gasteiger partial charge in [-0.2, -0.15) is 0 Å². The molecule has 1 saturated heterocycles. The van der Waals surface area contributed by atoms with Gasteiger partial charge in [-0.15, -0.1) is 0 Å². The van der Waals surface area contributed by atoms with Crippen LogP contribution in [0.2, 0.25) is 0 Å². The summed E-state index contributed by atoms with van der Waals surface area (Å²) in [5, 5.41) is 0. The summed E-state index contributed by atoms with van der Waals surface area (Å²) in [7, 11) is 0. The average Bonchev–Trinajstić information content (AvgIpc) is 2.78. The lowest BCUT2D eigenvalue weighted by molar-refractivity contribution is -0.126. The monoisotopic (exact) mass is 463 g/mol. The fourth-order valence-corrected chi connectivity index (χ4v) is 4.27. The van der Waals surface area contributed by atoms with E-state index in [0.717, 1.165) is 40.1 Å². The summed E-state index contributed by atoms with van der Waals surface area (Å²) in [4.78, 5) is 15.1. The summed E-state index contributed by atoms with van der Waals surface area (Å²) in [6, 6.07) is 26.2. The molecule has 1 aliphatic heterocycles. The van der Waals surface area contributed by atoms with Crippen molar-refractivity contribution in [2.24, 2.45) is 0 Å². The highest BCUT2D eigenvalue weighted by Gasteiger charge is 2.49. The standard InChI is InChI=1S/C26H26BrNO2/c1-2-3-7-18-30-23-16-10-20(11-17-23)25-24(19-8-5-4-6-9-19)26(29)28(25)22-14-12-21(27)13-15-22/h4-6,8-17,24-25H,2-3,7,18H2,1H3. The van der Waals surface area contributed by atoms with Gasteiger partial charge in [-0.1, -0.05) is 78.2 Å². The number of amides is 1. The highest BCUT2D eigenvalue weighted by Crippen LogP contribution is 2.49. The maximum Gasteiger partial charge on any atom is 0.237 e. The molecule has 0 radical (unpaired) electrons. The minimum absolute atomic E-state index is 0.0322. The van der Waals surface area contributed by atoms with E-state index < -0.39 is 0 Å². The first-order valence-corrected chi connectivity index (χ1v) is 11.3. The molecule has 4 rings (SSSR count). The van der Waals surface area contributed by atoms with Gasteiger partial charge in [-0.05, 0) is 53.9 Å². The molecule has 154 valence electrons. The van der Waals surface area contributed by atoms with Crippen LogP contribution in [0.5, 0.6) is 5.75 Å². The number of β-lactam (4-membered cyclic amide) rings is 1. The zero-order valence-corrected chi connectivity index (χ0v) is 18.7. The number of anilines is 1. The van der Waals surface area contributed by atoms with E-state index in [2.05, 4.69) is 35.0 Å². The van der Waals surface area contributed by atoms with Gasteiger partial charge in [-0.25, -0.2) is 0 Å². The van der Waals surface area contributed by atoms with Crippen LogP contribution in [-0.2, 0) is 4.79 Å². The number of carbonyl (C=O) groups is 1. The number of hydrogen-bond acceptors (Lipinski definition) is 2. The van der Waals surface area contributed by atoms with E-state index in [-0.39, 0.29) is 17.9 Å². The van der Waals surface area contributed by atoms with Gasteiger partial charge in [0.05, 0.1) is 18.6 Å². The molecule has 3 nitrogen and oxygen atoms in total. The number of rotatable bonds is 8. The van der Waals surface area contributed by atoms with Gasteiger partial charge in [0.15, 0.2) is 0 Å². The first kappa shape index (κ1) is 20.7. The summed E-state index contributed by atoms with van der Waals surface area (Å²) in [5.41, 5.74) is 3.09. The molecule has 30 heavy (non-hydrogen) atoms. The number of nitrogens with zero attached hydrogens (tertiary/aromatic N) is 1. The van der Waals surface area contributed by atoms with Crippen molar-refractivity contribution in [2.75, 3.05) is 11.5 Å². The normalized spacial score (nSPS) is 18.2. The summed E-state index contributed by atoms with van der Waals surface area (Å²) in [5.74, 6) is 0.839. The zero-order valence-electron chi connectivity index (χ0n) is 17.1. The SMILES string of the molecule is CCCCCOc1ccc(C2C(c3ccccc3)C(=O)N2c2ccc(Br)cc2)cc1. The van der Waals surface area contributed by atoms with Gasteiger partial charge in [0.2, 0.25) is 5.91 Å². The molecule has 1 heterocycles. The lowest BCUT2D eigenvalue weighted by Gasteiger charge is -2.47. The summed E-state index contributed by atoms with van der Waals surface area (Å²) in [6.07, 6.45) is 3.44. The van der Waals surface area contributed by atoms with Crippen LogP contribution in [0, 0.1) is 0 Å². The number of carbonyl (C=O) groups excluding carboxylic acids is 1. The second-order valence-corrected chi connectivity index (χ2v) is 8.56. The fourth-order valence-electron chi connectivity index (χ4n) is 4.01. The predicted octanol–water partition coefficient (Wildman–Crippen LogP) is 6.89. The van der Waals surface area contributed by atoms with Gasteiger partial charge in [-0.3, -0.25) is 4.79 Å². The molecule has 3 aromatic carbocycles. The van der Waals surface area contributed by atoms with E-state index in [0.29, 0.717) is 0 Å². The van der Waals surface area contributed by atoms with Crippen molar-refractivity contribution in [1.82, 2.24) is 0 Å². The third kappa shape index (κ3) is 4.29. The van der Waals surface area contributed by atoms with Gasteiger partial charge >= 0.3 is 0 Å². The molecule has 1 amide bonds. The van der Waals surface area contributed by atoms with Gasteiger partial charge in [0, 0.05) is 10.2 Å². The number of unbranched alkanes of at least 4 members (excludes halogenated alkanes) is 2. The maximum atomic E-state index is 13.2. The molecule has 2 unspecified atom stereocenters. The molecular weight excluding hydrogens is 438 g/mol. The van der Waals surface area contributed by atoms with E-state index in [1.807, 2.05) is 71.6 Å². The molecule has 1 aliphatic rings. The van der Waals surface area contributed by atoms with E-state index in [1.54, 1.807) is 0 Å². The van der Waals surface area contributed by atoms with Crippen LogP contribution < -0.4 is 9.64 Å². The van der Waals surface area contributed by atoms with Crippen LogP contribution >= 0.6 is 15.9 Å². The topological polar surface area (TPSA) is 29.5 Å². The van der Waals surface area contributed by atoms with Gasteiger partial charge in [0.25, 0.3) is 0 Å². The van der Waals surface area contributed by atoms with E-state index in [9.17, 15) is 4.79 Å². The fraction of sp³-hybridized carbons (Fsp3) is 0.269. The molecule has 3 aromatic rings. The Hall–Kier alpha value is -2.59. The summed E-state index contributed by atoms with van der Waals surface area (Å²) >= 11 is 3.48. The lowest BCUT2D eigenvalue weighted by atomic mass is 9.77. The largest absolute Gasteiger partial charge is 0.494 e. The summed E-state index contributed by atoms with van der Waals surface area (Å²) in [6.45, 7) is 2.93. The molecule has 0 aliphatic carbocycles. The Bertz CT molecular complexity index is 970. The van der Waals surface area contributed by atoms with Gasteiger partial charge < -0.3 is 9.64 Å². The van der Waals surface area contributed by atoms with Crippen molar-refractivity contribution in [3.63, 3.8) is 0 Å². The Balaban J connectivity index is 1.60. The highest BCUT2D eigenvalue weighted by molar-refractivity contribution is 9.10. The number of halogens is 1. The Morgan fingerprint density at radius 1 is 0.867 bits per heavy atom. The molecule has 0 spiro atoms. The second kappa shape index (κ2) is 9.48. The number of hydrogen-bond donors (Lipinski definition) is 0. The predicted molar refractivity (Wildman–Crippen MR) is 125 cm³/mol. The molecule has 0 aromatic heterocycles. The van der Waals surface area contributed by atoms with Crippen LogP contribution in [0.4, 0.5) is 5.69 Å². The Kier molecular flexibility index (Phi) is 6.53. The van der Waals surface area contributed by atoms with Crippen LogP contribution in [0.1, 0.15) is 49.3 Å². The van der Waals surface area contributed by atoms with Gasteiger partial charge in [0.1, 0.15) is 5.75 Å². The van der Waals surface area contributed by atoms with Crippen LogP contribution in [0.3, 0.4) is 0 Å². The van der Waals surface area contributed by atoms with E-state index in [4.69, 9.17) is 4.74 Å². The molecule has 4 heteroatoms. The number of benzene rings is 3. The smallest absolute Gasteiger partial charge is 0.237 e. The Morgan fingerprint density at radius 3 is 2.23 bits per heavy atom. The summed E-state index contributed by atoms with van der Waals surface area (Å²) < 4.78 is 6.87. The van der Waals surface area contributed by atoms with Crippen LogP contribution in [-0.4, -0.2) is 12.5 Å². The average molecular weight is 464 g/mol. The Labute approximate surface area is 186 Å². The minimum atomic E-state index is -0.175. The van der Waals surface area contributed by atoms with E-state index >= 15 is 0 Å². The maximum absolute atomic E-state index is 13.2. The third-order valence-corrected chi connectivity index (χ3v) is 6.13. The molecule has 0 saturated carbocycles. The first-order chi connectivity index (χ1) is 14.7. The van der Waals surface area contributed by atoms with Crippen molar-refractivity contribution in [1.29, 1.82) is 0 Å². The molecule has 1 fully saturated rings. The van der Waals surface area contributed by atoms with Crippen molar-refractivity contribution in [3.05, 3.63) is 94.5 Å².